The van der Waals surface area contributed by atoms with Crippen LogP contribution in [0.2, 0.25) is 0 Å². The Morgan fingerprint density at radius 3 is 1.32 bits per heavy atom. The zero-order valence-corrected chi connectivity index (χ0v) is 23.3. The van der Waals surface area contributed by atoms with Crippen molar-refractivity contribution in [2.45, 2.75) is 78.4 Å². The number of nitrogens with one attached hydrogen (secondary N) is 2. The average Bonchev–Trinajstić information content (AvgIpc) is 2.93. The Kier molecular flexibility index (Phi) is 10.3. The summed E-state index contributed by atoms with van der Waals surface area (Å²) < 4.78 is 12.1. The second-order valence-corrected chi connectivity index (χ2v) is 9.74. The predicted molar refractivity (Wildman–Crippen MR) is 154 cm³/mol. The zero-order chi connectivity index (χ0) is 27.7. The smallest absolute Gasteiger partial charge is 0.265 e. The topological polar surface area (TPSA) is 76.7 Å². The van der Waals surface area contributed by atoms with Gasteiger partial charge in [0.25, 0.3) is 11.8 Å². The van der Waals surface area contributed by atoms with Crippen LogP contribution in [0.4, 0.5) is 11.4 Å². The van der Waals surface area contributed by atoms with Crippen LogP contribution < -0.4 is 20.1 Å². The molecule has 0 radical (unpaired) electrons. The van der Waals surface area contributed by atoms with E-state index in [1.54, 1.807) is 38.1 Å². The first-order valence-electron chi connectivity index (χ1n) is 13.5. The van der Waals surface area contributed by atoms with Gasteiger partial charge < -0.3 is 20.1 Å². The molecule has 0 aliphatic rings. The molecule has 0 saturated heterocycles. The molecule has 6 nitrogen and oxygen atoms in total. The summed E-state index contributed by atoms with van der Waals surface area (Å²) in [7, 11) is 0. The van der Waals surface area contributed by atoms with E-state index in [9.17, 15) is 9.59 Å². The van der Waals surface area contributed by atoms with Crippen LogP contribution in [0.15, 0.2) is 72.8 Å². The van der Waals surface area contributed by atoms with Gasteiger partial charge in [-0.3, -0.25) is 9.59 Å². The third-order valence-corrected chi connectivity index (χ3v) is 6.91. The number of carbonyl (C=O) groups excluding carboxylic acids is 2. The maximum atomic E-state index is 13.0. The number of hydrogen-bond donors (Lipinski definition) is 2. The normalized spacial score (nSPS) is 14.1. The maximum absolute atomic E-state index is 13.0. The van der Waals surface area contributed by atoms with E-state index in [2.05, 4.69) is 38.3 Å². The van der Waals surface area contributed by atoms with E-state index in [0.717, 1.165) is 24.0 Å². The Bertz CT molecular complexity index is 1130. The largest absolute Gasteiger partial charge is 0.481 e. The minimum atomic E-state index is -0.733. The monoisotopic (exact) mass is 516 g/mol. The molecular weight excluding hydrogens is 476 g/mol. The van der Waals surface area contributed by atoms with E-state index >= 15 is 0 Å². The van der Waals surface area contributed by atoms with Crippen molar-refractivity contribution in [2.75, 3.05) is 10.6 Å². The van der Waals surface area contributed by atoms with E-state index in [0.29, 0.717) is 34.7 Å². The Balaban J connectivity index is 1.67. The average molecular weight is 517 g/mol. The van der Waals surface area contributed by atoms with Crippen LogP contribution in [-0.4, -0.2) is 24.0 Å². The van der Waals surface area contributed by atoms with Gasteiger partial charge in [-0.15, -0.1) is 0 Å². The molecule has 4 unspecified atom stereocenters. The van der Waals surface area contributed by atoms with E-state index in [-0.39, 0.29) is 11.8 Å². The van der Waals surface area contributed by atoms with Crippen molar-refractivity contribution in [3.05, 3.63) is 83.9 Å². The predicted octanol–water partition coefficient (Wildman–Crippen LogP) is 7.53. The van der Waals surface area contributed by atoms with Crippen molar-refractivity contribution in [1.29, 1.82) is 0 Å². The van der Waals surface area contributed by atoms with Crippen molar-refractivity contribution in [3.8, 4) is 11.5 Å². The van der Waals surface area contributed by atoms with Gasteiger partial charge in [-0.05, 0) is 73.9 Å². The summed E-state index contributed by atoms with van der Waals surface area (Å²) in [6, 6.07) is 22.7. The SMILES string of the molecule is CCC(C)c1ccccc1OC(C)C(=O)Nc1ccccc1NC(=O)C(C)Oc1ccccc1C(C)CC. The quantitative estimate of drug-likeness (QED) is 0.261. The molecule has 6 heteroatoms. The van der Waals surface area contributed by atoms with Crippen LogP contribution in [0.1, 0.15) is 77.3 Å². The number of amides is 2. The highest BCUT2D eigenvalue weighted by atomic mass is 16.5. The Morgan fingerprint density at radius 2 is 0.947 bits per heavy atom. The second kappa shape index (κ2) is 13.7. The number of para-hydroxylation sites is 4. The summed E-state index contributed by atoms with van der Waals surface area (Å²) in [4.78, 5) is 26.1. The van der Waals surface area contributed by atoms with Crippen LogP contribution in [0, 0.1) is 0 Å². The summed E-state index contributed by atoms with van der Waals surface area (Å²) in [5.41, 5.74) is 3.13. The number of carbonyl (C=O) groups is 2. The molecule has 3 aromatic carbocycles. The summed E-state index contributed by atoms with van der Waals surface area (Å²) >= 11 is 0. The molecule has 4 atom stereocenters. The lowest BCUT2D eigenvalue weighted by Crippen LogP contribution is -2.32. The van der Waals surface area contributed by atoms with Crippen LogP contribution in [0.25, 0.3) is 0 Å². The van der Waals surface area contributed by atoms with Gasteiger partial charge in [0, 0.05) is 0 Å². The Morgan fingerprint density at radius 1 is 0.605 bits per heavy atom. The molecule has 38 heavy (non-hydrogen) atoms. The van der Waals surface area contributed by atoms with Gasteiger partial charge in [-0.25, -0.2) is 0 Å². The van der Waals surface area contributed by atoms with Gasteiger partial charge >= 0.3 is 0 Å². The molecule has 3 rings (SSSR count). The van der Waals surface area contributed by atoms with Crippen molar-refractivity contribution >= 4 is 23.2 Å². The molecule has 0 spiro atoms. The number of hydrogen-bond acceptors (Lipinski definition) is 4. The van der Waals surface area contributed by atoms with Crippen LogP contribution >= 0.6 is 0 Å². The third kappa shape index (κ3) is 7.37. The molecule has 0 aliphatic heterocycles. The highest BCUT2D eigenvalue weighted by molar-refractivity contribution is 6.02. The molecule has 0 saturated carbocycles. The Hall–Kier alpha value is -3.80. The Labute approximate surface area is 226 Å². The molecular formula is C32H40N2O4. The number of rotatable bonds is 12. The lowest BCUT2D eigenvalue weighted by atomic mass is 9.98. The molecule has 0 aromatic heterocycles. The molecule has 2 amide bonds. The summed E-state index contributed by atoms with van der Waals surface area (Å²) in [6.07, 6.45) is 0.477. The molecule has 2 N–H and O–H groups in total. The van der Waals surface area contributed by atoms with Crippen molar-refractivity contribution < 1.29 is 19.1 Å². The van der Waals surface area contributed by atoms with Crippen molar-refractivity contribution in [2.24, 2.45) is 0 Å². The van der Waals surface area contributed by atoms with Crippen LogP contribution in [0.3, 0.4) is 0 Å². The zero-order valence-electron chi connectivity index (χ0n) is 23.3. The van der Waals surface area contributed by atoms with Crippen molar-refractivity contribution in [1.82, 2.24) is 0 Å². The van der Waals surface area contributed by atoms with E-state index in [1.807, 2.05) is 48.5 Å². The second-order valence-electron chi connectivity index (χ2n) is 9.74. The highest BCUT2D eigenvalue weighted by Gasteiger charge is 2.22. The van der Waals surface area contributed by atoms with Crippen LogP contribution in [0.5, 0.6) is 11.5 Å². The van der Waals surface area contributed by atoms with E-state index in [4.69, 9.17) is 9.47 Å². The summed E-state index contributed by atoms with van der Waals surface area (Å²) in [6.45, 7) is 12.0. The summed E-state index contributed by atoms with van der Waals surface area (Å²) in [5.74, 6) is 1.43. The van der Waals surface area contributed by atoms with Gasteiger partial charge in [0.2, 0.25) is 0 Å². The standard InChI is InChI=1S/C32H40N2O4/c1-7-21(3)25-15-9-13-19-29(25)37-23(5)31(35)33-27-17-11-12-18-28(27)34-32(36)24(6)38-30-20-14-10-16-26(30)22(4)8-2/h9-24H,7-8H2,1-6H3,(H,33,35)(H,34,36). The third-order valence-electron chi connectivity index (χ3n) is 6.91. The van der Waals surface area contributed by atoms with Gasteiger partial charge in [0.1, 0.15) is 11.5 Å². The van der Waals surface area contributed by atoms with Crippen molar-refractivity contribution in [3.63, 3.8) is 0 Å². The minimum Gasteiger partial charge on any atom is -0.481 e. The first-order chi connectivity index (χ1) is 18.2. The first-order valence-corrected chi connectivity index (χ1v) is 13.5. The molecule has 0 aliphatic carbocycles. The first kappa shape index (κ1) is 28.8. The number of benzene rings is 3. The lowest BCUT2D eigenvalue weighted by Gasteiger charge is -2.21. The van der Waals surface area contributed by atoms with Gasteiger partial charge in [-0.1, -0.05) is 76.2 Å². The molecule has 0 heterocycles. The van der Waals surface area contributed by atoms with Crippen LogP contribution in [-0.2, 0) is 9.59 Å². The number of ether oxygens (including phenoxy) is 2. The van der Waals surface area contributed by atoms with E-state index in [1.165, 1.54) is 0 Å². The lowest BCUT2D eigenvalue weighted by molar-refractivity contribution is -0.122. The molecule has 0 bridgehead atoms. The number of anilines is 2. The fraction of sp³-hybridized carbons (Fsp3) is 0.375. The fourth-order valence-electron chi connectivity index (χ4n) is 4.09. The summed E-state index contributed by atoms with van der Waals surface area (Å²) in [5, 5.41) is 5.80. The minimum absolute atomic E-state index is 0.308. The molecule has 202 valence electrons. The van der Waals surface area contributed by atoms with Gasteiger partial charge in [-0.2, -0.15) is 0 Å². The highest BCUT2D eigenvalue weighted by Crippen LogP contribution is 2.31. The van der Waals surface area contributed by atoms with Gasteiger partial charge in [0.05, 0.1) is 11.4 Å². The fourth-order valence-corrected chi connectivity index (χ4v) is 4.09. The molecule has 0 fully saturated rings. The molecule has 3 aromatic rings. The van der Waals surface area contributed by atoms with Gasteiger partial charge in [0.15, 0.2) is 12.2 Å². The van der Waals surface area contributed by atoms with E-state index < -0.39 is 12.2 Å². The maximum Gasteiger partial charge on any atom is 0.265 e.